The third-order valence-electron chi connectivity index (χ3n) is 2.59. The van der Waals surface area contributed by atoms with Crippen molar-refractivity contribution >= 4 is 15.9 Å². The minimum Gasteiger partial charge on any atom is -0.348 e. The average Bonchev–Trinajstić information content (AvgIpc) is 2.57. The molecule has 0 saturated carbocycles. The minimum absolute atomic E-state index is 0.0714. The molecule has 0 aliphatic heterocycles. The number of aromatic nitrogens is 2. The predicted octanol–water partition coefficient (Wildman–Crippen LogP) is 0.530. The first kappa shape index (κ1) is 15.6. The quantitative estimate of drug-likeness (QED) is 0.732. The molecule has 1 aromatic heterocycles. The van der Waals surface area contributed by atoms with Crippen LogP contribution in [0.3, 0.4) is 0 Å². The fourth-order valence-corrected chi connectivity index (χ4v) is 2.86. The lowest BCUT2D eigenvalue weighted by Crippen LogP contribution is -2.34. The molecule has 1 amide bonds. The summed E-state index contributed by atoms with van der Waals surface area (Å²) in [6.45, 7) is 7.43. The smallest absolute Gasteiger partial charge is 0.273 e. The molecule has 0 aliphatic rings. The summed E-state index contributed by atoms with van der Waals surface area (Å²) in [4.78, 5) is 11.8. The van der Waals surface area contributed by atoms with E-state index in [1.807, 2.05) is 20.8 Å². The van der Waals surface area contributed by atoms with E-state index in [1.54, 1.807) is 0 Å². The summed E-state index contributed by atoms with van der Waals surface area (Å²) in [5, 5.41) is 14.0. The number of carbonyl (C=O) groups excluding carboxylic acids is 1. The fourth-order valence-electron chi connectivity index (χ4n) is 1.98. The monoisotopic (exact) mass is 288 g/mol. The third kappa shape index (κ3) is 4.03. The summed E-state index contributed by atoms with van der Waals surface area (Å²) in [7, 11) is -3.98. The third-order valence-corrected chi connectivity index (χ3v) is 3.66. The number of hydrogen-bond acceptors (Lipinski definition) is 4. The van der Waals surface area contributed by atoms with Crippen molar-refractivity contribution in [1.82, 2.24) is 15.5 Å². The van der Waals surface area contributed by atoms with Crippen LogP contribution in [0.1, 0.15) is 43.4 Å². The molecule has 108 valence electrons. The highest BCUT2D eigenvalue weighted by Gasteiger charge is 2.26. The van der Waals surface area contributed by atoms with E-state index in [4.69, 9.17) is 5.14 Å². The normalized spacial score (nSPS) is 13.6. The van der Waals surface area contributed by atoms with Gasteiger partial charge >= 0.3 is 0 Å². The Morgan fingerprint density at radius 1 is 1.42 bits per heavy atom. The molecule has 7 nitrogen and oxygen atoms in total. The summed E-state index contributed by atoms with van der Waals surface area (Å²) in [5.41, 5.74) is 0.0692. The number of aryl methyl sites for hydroxylation is 1. The van der Waals surface area contributed by atoms with Gasteiger partial charge in [0.1, 0.15) is 4.90 Å². The Balaban J connectivity index is 2.96. The molecule has 0 aliphatic carbocycles. The van der Waals surface area contributed by atoms with Gasteiger partial charge in [-0.3, -0.25) is 9.89 Å². The Hall–Kier alpha value is -1.41. The van der Waals surface area contributed by atoms with Crippen molar-refractivity contribution in [3.05, 3.63) is 11.4 Å². The molecule has 0 fully saturated rings. The van der Waals surface area contributed by atoms with Gasteiger partial charge in [0, 0.05) is 6.04 Å². The van der Waals surface area contributed by atoms with Gasteiger partial charge in [0.25, 0.3) is 5.91 Å². The molecule has 0 radical (unpaired) electrons. The highest BCUT2D eigenvalue weighted by Crippen LogP contribution is 2.16. The van der Waals surface area contributed by atoms with Crippen LogP contribution in [0, 0.1) is 12.8 Å². The van der Waals surface area contributed by atoms with Crippen LogP contribution in [-0.2, 0) is 10.0 Å². The van der Waals surface area contributed by atoms with Gasteiger partial charge in [0.2, 0.25) is 10.0 Å². The second kappa shape index (κ2) is 5.70. The second-order valence-corrected chi connectivity index (χ2v) is 6.57. The molecule has 0 aromatic carbocycles. The maximum Gasteiger partial charge on any atom is 0.273 e. The average molecular weight is 288 g/mol. The number of primary sulfonamides is 1. The first-order valence-corrected chi connectivity index (χ1v) is 7.56. The Labute approximate surface area is 113 Å². The number of H-pyrrole nitrogens is 1. The molecule has 1 aromatic rings. The molecule has 0 saturated heterocycles. The van der Waals surface area contributed by atoms with Crippen LogP contribution in [0.2, 0.25) is 0 Å². The zero-order valence-corrected chi connectivity index (χ0v) is 12.3. The molecule has 0 bridgehead atoms. The predicted molar refractivity (Wildman–Crippen MR) is 71.1 cm³/mol. The van der Waals surface area contributed by atoms with Crippen molar-refractivity contribution in [1.29, 1.82) is 0 Å². The number of nitrogens with two attached hydrogens (primary N) is 1. The van der Waals surface area contributed by atoms with E-state index in [0.29, 0.717) is 5.92 Å². The van der Waals surface area contributed by atoms with Crippen LogP contribution in [0.15, 0.2) is 4.90 Å². The highest BCUT2D eigenvalue weighted by molar-refractivity contribution is 7.89. The molecule has 1 unspecified atom stereocenters. The number of amides is 1. The Morgan fingerprint density at radius 2 is 2.00 bits per heavy atom. The van der Waals surface area contributed by atoms with E-state index in [9.17, 15) is 13.2 Å². The number of nitrogens with zero attached hydrogens (tertiary/aromatic N) is 1. The van der Waals surface area contributed by atoms with Crippen LogP contribution < -0.4 is 10.5 Å². The molecule has 1 heterocycles. The van der Waals surface area contributed by atoms with E-state index in [1.165, 1.54) is 6.92 Å². The number of nitrogens with one attached hydrogen (secondary N) is 2. The van der Waals surface area contributed by atoms with E-state index in [-0.39, 0.29) is 22.3 Å². The summed E-state index contributed by atoms with van der Waals surface area (Å²) in [5.74, 6) is -0.115. The minimum atomic E-state index is -3.98. The zero-order valence-electron chi connectivity index (χ0n) is 11.5. The summed E-state index contributed by atoms with van der Waals surface area (Å²) < 4.78 is 22.9. The summed E-state index contributed by atoms with van der Waals surface area (Å²) in [6, 6.07) is -0.0714. The maximum atomic E-state index is 12.0. The van der Waals surface area contributed by atoms with Gasteiger partial charge in [-0.2, -0.15) is 5.10 Å². The lowest BCUT2D eigenvalue weighted by atomic mass is 10.1. The van der Waals surface area contributed by atoms with E-state index in [2.05, 4.69) is 15.5 Å². The van der Waals surface area contributed by atoms with Gasteiger partial charge in [-0.1, -0.05) is 13.8 Å². The largest absolute Gasteiger partial charge is 0.348 e. The van der Waals surface area contributed by atoms with Gasteiger partial charge in [0.05, 0.1) is 5.69 Å². The lowest BCUT2D eigenvalue weighted by molar-refractivity contribution is 0.0927. The second-order valence-electron chi connectivity index (χ2n) is 5.08. The number of sulfonamides is 1. The topological polar surface area (TPSA) is 118 Å². The lowest BCUT2D eigenvalue weighted by Gasteiger charge is -2.15. The van der Waals surface area contributed by atoms with Gasteiger partial charge in [0.15, 0.2) is 5.69 Å². The Kier molecular flexibility index (Phi) is 4.70. The van der Waals surface area contributed by atoms with Gasteiger partial charge in [-0.15, -0.1) is 0 Å². The van der Waals surface area contributed by atoms with E-state index in [0.717, 1.165) is 6.42 Å². The van der Waals surface area contributed by atoms with Crippen molar-refractivity contribution in [2.45, 2.75) is 45.1 Å². The van der Waals surface area contributed by atoms with Crippen LogP contribution in [0.25, 0.3) is 0 Å². The van der Waals surface area contributed by atoms with Gasteiger partial charge < -0.3 is 5.32 Å². The zero-order chi connectivity index (χ0) is 14.8. The molecule has 4 N–H and O–H groups in total. The molecule has 8 heteroatoms. The van der Waals surface area contributed by atoms with Crippen LogP contribution in [-0.4, -0.2) is 30.6 Å². The molecule has 1 atom stereocenters. The summed E-state index contributed by atoms with van der Waals surface area (Å²) in [6.07, 6.45) is 0.792. The first-order valence-electron chi connectivity index (χ1n) is 6.01. The van der Waals surface area contributed by atoms with E-state index >= 15 is 0 Å². The van der Waals surface area contributed by atoms with Crippen LogP contribution in [0.4, 0.5) is 0 Å². The molecular weight excluding hydrogens is 268 g/mol. The summed E-state index contributed by atoms with van der Waals surface area (Å²) >= 11 is 0. The maximum absolute atomic E-state index is 12.0. The number of aromatic amines is 1. The number of hydrogen-bond donors (Lipinski definition) is 3. The molecule has 1 rings (SSSR count). The molecule has 0 spiro atoms. The number of rotatable bonds is 5. The van der Waals surface area contributed by atoms with Gasteiger partial charge in [-0.05, 0) is 26.2 Å². The highest BCUT2D eigenvalue weighted by atomic mass is 32.2. The van der Waals surface area contributed by atoms with Gasteiger partial charge in [-0.25, -0.2) is 13.6 Å². The SMILES string of the molecule is Cc1[nH]nc(C(=O)NC(C)CC(C)C)c1S(N)(=O)=O. The van der Waals surface area contributed by atoms with Crippen molar-refractivity contribution in [3.8, 4) is 0 Å². The Bertz CT molecular complexity index is 562. The van der Waals surface area contributed by atoms with Crippen LogP contribution in [0.5, 0.6) is 0 Å². The van der Waals surface area contributed by atoms with Crippen molar-refractivity contribution in [2.75, 3.05) is 0 Å². The first-order chi connectivity index (χ1) is 8.62. The van der Waals surface area contributed by atoms with E-state index < -0.39 is 15.9 Å². The molecule has 19 heavy (non-hydrogen) atoms. The number of carbonyl (C=O) groups is 1. The molecular formula is C11H20N4O3S. The fraction of sp³-hybridized carbons (Fsp3) is 0.636. The van der Waals surface area contributed by atoms with Crippen molar-refractivity contribution in [2.24, 2.45) is 11.1 Å². The standard InChI is InChI=1S/C11H20N4O3S/c1-6(2)5-7(3)13-11(16)9-10(19(12,17)18)8(4)14-15-9/h6-7H,5H2,1-4H3,(H,13,16)(H,14,15)(H2,12,17,18). The van der Waals surface area contributed by atoms with Crippen molar-refractivity contribution in [3.63, 3.8) is 0 Å². The Morgan fingerprint density at radius 3 is 2.47 bits per heavy atom. The van der Waals surface area contributed by atoms with Crippen molar-refractivity contribution < 1.29 is 13.2 Å². The van der Waals surface area contributed by atoms with Crippen LogP contribution >= 0.6 is 0 Å².